The molecule has 0 radical (unpaired) electrons. The topological polar surface area (TPSA) is 68.9 Å². The van der Waals surface area contributed by atoms with E-state index in [9.17, 15) is 4.79 Å². The van der Waals surface area contributed by atoms with Gasteiger partial charge in [-0.15, -0.1) is 0 Å². The van der Waals surface area contributed by atoms with E-state index in [1.807, 2.05) is 6.07 Å². The highest BCUT2D eigenvalue weighted by atomic mass is 16.6. The Morgan fingerprint density at radius 2 is 2.28 bits per heavy atom. The summed E-state index contributed by atoms with van der Waals surface area (Å²) in [5.41, 5.74) is 1.62. The molecule has 1 N–H and O–H groups in total. The van der Waals surface area contributed by atoms with Crippen molar-refractivity contribution in [1.29, 1.82) is 0 Å². The third kappa shape index (κ3) is 2.62. The van der Waals surface area contributed by atoms with Gasteiger partial charge in [-0.1, -0.05) is 0 Å². The Hall–Kier alpha value is -2.01. The maximum atomic E-state index is 10.9. The average molecular weight is 250 g/mol. The largest absolute Gasteiger partial charge is 0.482 e. The molecular weight excluding hydrogens is 236 g/mol. The minimum absolute atomic E-state index is 0.0786. The molecule has 0 aliphatic rings. The number of methoxy groups -OCH3 is 1. The molecule has 0 aliphatic carbocycles. The highest BCUT2D eigenvalue weighted by Crippen LogP contribution is 2.25. The number of esters is 1. The zero-order valence-corrected chi connectivity index (χ0v) is 10.0. The van der Waals surface area contributed by atoms with Gasteiger partial charge < -0.3 is 19.0 Å². The summed E-state index contributed by atoms with van der Waals surface area (Å²) in [4.78, 5) is 10.9. The van der Waals surface area contributed by atoms with Gasteiger partial charge in [0.1, 0.15) is 11.3 Å². The molecule has 0 fully saturated rings. The molecule has 0 spiro atoms. The fourth-order valence-electron chi connectivity index (χ4n) is 1.67. The summed E-state index contributed by atoms with van der Waals surface area (Å²) in [6, 6.07) is 5.30. The van der Waals surface area contributed by atoms with Gasteiger partial charge >= 0.3 is 5.97 Å². The summed E-state index contributed by atoms with van der Waals surface area (Å²) in [6.45, 7) is -0.0541. The smallest absolute Gasteiger partial charge is 0.343 e. The van der Waals surface area contributed by atoms with Gasteiger partial charge in [-0.05, 0) is 18.6 Å². The minimum atomic E-state index is -0.435. The second-order valence-electron chi connectivity index (χ2n) is 3.76. The highest BCUT2D eigenvalue weighted by Gasteiger charge is 2.08. The van der Waals surface area contributed by atoms with Crippen LogP contribution in [0.5, 0.6) is 5.75 Å². The van der Waals surface area contributed by atoms with Crippen LogP contribution in [0.15, 0.2) is 28.9 Å². The van der Waals surface area contributed by atoms with Crippen molar-refractivity contribution in [2.75, 3.05) is 20.3 Å². The number of carbonyl (C=O) groups is 1. The Morgan fingerprint density at radius 3 is 3.00 bits per heavy atom. The predicted octanol–water partition coefficient (Wildman–Crippen LogP) is 1.52. The van der Waals surface area contributed by atoms with Gasteiger partial charge in [-0.25, -0.2) is 4.79 Å². The van der Waals surface area contributed by atoms with Crippen molar-refractivity contribution in [2.24, 2.45) is 0 Å². The van der Waals surface area contributed by atoms with E-state index in [-0.39, 0.29) is 13.2 Å². The Kier molecular flexibility index (Phi) is 3.84. The third-order valence-corrected chi connectivity index (χ3v) is 2.59. The van der Waals surface area contributed by atoms with Crippen molar-refractivity contribution in [2.45, 2.75) is 6.42 Å². The van der Waals surface area contributed by atoms with Crippen molar-refractivity contribution >= 4 is 16.9 Å². The number of rotatable bonds is 5. The van der Waals surface area contributed by atoms with Crippen molar-refractivity contribution < 1.29 is 23.8 Å². The van der Waals surface area contributed by atoms with E-state index in [4.69, 9.17) is 14.3 Å². The summed E-state index contributed by atoms with van der Waals surface area (Å²) in [5.74, 6) is 0.105. The standard InChI is InChI=1S/C13H14O5/c1-16-13(15)8-17-10-2-3-11-9(4-5-14)7-18-12(11)6-10/h2-3,6-7,14H,4-5,8H2,1H3. The first-order chi connectivity index (χ1) is 8.74. The third-order valence-electron chi connectivity index (χ3n) is 2.59. The number of carbonyl (C=O) groups excluding carboxylic acids is 1. The van der Waals surface area contributed by atoms with Crippen LogP contribution in [0, 0.1) is 0 Å². The maximum Gasteiger partial charge on any atom is 0.343 e. The zero-order valence-electron chi connectivity index (χ0n) is 10.0. The molecule has 0 aliphatic heterocycles. The number of hydrogen-bond donors (Lipinski definition) is 1. The van der Waals surface area contributed by atoms with Gasteiger partial charge in [0.25, 0.3) is 0 Å². The van der Waals surface area contributed by atoms with Crippen LogP contribution in [-0.4, -0.2) is 31.4 Å². The first-order valence-corrected chi connectivity index (χ1v) is 5.55. The summed E-state index contributed by atoms with van der Waals surface area (Å²) < 4.78 is 15.1. The van der Waals surface area contributed by atoms with E-state index in [1.54, 1.807) is 18.4 Å². The summed E-state index contributed by atoms with van der Waals surface area (Å²) in [7, 11) is 1.31. The minimum Gasteiger partial charge on any atom is -0.482 e. The Labute approximate surface area is 104 Å². The Morgan fingerprint density at radius 1 is 1.44 bits per heavy atom. The van der Waals surface area contributed by atoms with E-state index in [2.05, 4.69) is 4.74 Å². The van der Waals surface area contributed by atoms with Crippen molar-refractivity contribution in [3.8, 4) is 5.75 Å². The molecule has 0 unspecified atom stereocenters. The van der Waals surface area contributed by atoms with Gasteiger partial charge in [-0.2, -0.15) is 0 Å². The molecule has 2 aromatic rings. The molecule has 5 heteroatoms. The van der Waals surface area contributed by atoms with Crippen LogP contribution in [0.25, 0.3) is 11.0 Å². The molecule has 1 aromatic heterocycles. The molecule has 1 aromatic carbocycles. The number of hydrogen-bond acceptors (Lipinski definition) is 5. The number of aliphatic hydroxyl groups excluding tert-OH is 1. The molecule has 96 valence electrons. The number of benzene rings is 1. The Bertz CT molecular complexity index is 543. The van der Waals surface area contributed by atoms with E-state index in [0.29, 0.717) is 17.8 Å². The van der Waals surface area contributed by atoms with E-state index in [0.717, 1.165) is 10.9 Å². The number of ether oxygens (including phenoxy) is 2. The first kappa shape index (κ1) is 12.4. The van der Waals surface area contributed by atoms with E-state index in [1.165, 1.54) is 7.11 Å². The molecule has 0 atom stereocenters. The molecule has 0 bridgehead atoms. The van der Waals surface area contributed by atoms with E-state index < -0.39 is 5.97 Å². The molecule has 5 nitrogen and oxygen atoms in total. The van der Waals surface area contributed by atoms with Gasteiger partial charge in [0.05, 0.1) is 13.4 Å². The quantitative estimate of drug-likeness (QED) is 0.815. The second-order valence-corrected chi connectivity index (χ2v) is 3.76. The second kappa shape index (κ2) is 5.55. The van der Waals surface area contributed by atoms with Crippen LogP contribution in [0.3, 0.4) is 0 Å². The van der Waals surface area contributed by atoms with Gasteiger partial charge in [0.2, 0.25) is 0 Å². The van der Waals surface area contributed by atoms with Crippen molar-refractivity contribution in [1.82, 2.24) is 0 Å². The molecule has 18 heavy (non-hydrogen) atoms. The van der Waals surface area contributed by atoms with Gasteiger partial charge in [-0.3, -0.25) is 0 Å². The van der Waals surface area contributed by atoms with E-state index >= 15 is 0 Å². The molecule has 0 saturated heterocycles. The lowest BCUT2D eigenvalue weighted by molar-refractivity contribution is -0.142. The van der Waals surface area contributed by atoms with Gasteiger partial charge in [0, 0.05) is 23.6 Å². The summed E-state index contributed by atoms with van der Waals surface area (Å²) in [6.07, 6.45) is 2.17. The monoisotopic (exact) mass is 250 g/mol. The predicted molar refractivity (Wildman–Crippen MR) is 64.5 cm³/mol. The fourth-order valence-corrected chi connectivity index (χ4v) is 1.67. The SMILES string of the molecule is COC(=O)COc1ccc2c(CCO)coc2c1. The number of aliphatic hydroxyl groups is 1. The normalized spacial score (nSPS) is 10.6. The molecule has 2 rings (SSSR count). The van der Waals surface area contributed by atoms with Crippen LogP contribution in [0.2, 0.25) is 0 Å². The van der Waals surface area contributed by atoms with Crippen LogP contribution >= 0.6 is 0 Å². The molecule has 0 amide bonds. The van der Waals surface area contributed by atoms with Crippen LogP contribution < -0.4 is 4.74 Å². The Balaban J connectivity index is 2.15. The average Bonchev–Trinajstić information content (AvgIpc) is 2.79. The lowest BCUT2D eigenvalue weighted by atomic mass is 10.1. The number of furan rings is 1. The maximum absolute atomic E-state index is 10.9. The lowest BCUT2D eigenvalue weighted by Crippen LogP contribution is -2.12. The highest BCUT2D eigenvalue weighted by molar-refractivity contribution is 5.82. The molecule has 0 saturated carbocycles. The van der Waals surface area contributed by atoms with Crippen molar-refractivity contribution in [3.63, 3.8) is 0 Å². The van der Waals surface area contributed by atoms with Crippen molar-refractivity contribution in [3.05, 3.63) is 30.0 Å². The molecule has 1 heterocycles. The fraction of sp³-hybridized carbons (Fsp3) is 0.308. The summed E-state index contributed by atoms with van der Waals surface area (Å²) in [5, 5.41) is 9.85. The van der Waals surface area contributed by atoms with Crippen LogP contribution in [0.1, 0.15) is 5.56 Å². The lowest BCUT2D eigenvalue weighted by Gasteiger charge is -2.04. The number of fused-ring (bicyclic) bond motifs is 1. The van der Waals surface area contributed by atoms with Gasteiger partial charge in [0.15, 0.2) is 6.61 Å². The first-order valence-electron chi connectivity index (χ1n) is 5.55. The molecular formula is C13H14O5. The zero-order chi connectivity index (χ0) is 13.0. The van der Waals surface area contributed by atoms with Crippen LogP contribution in [0.4, 0.5) is 0 Å². The van der Waals surface area contributed by atoms with Crippen LogP contribution in [-0.2, 0) is 16.0 Å². The summed E-state index contributed by atoms with van der Waals surface area (Å²) >= 11 is 0.